The number of benzene rings is 1. The third-order valence-electron chi connectivity index (χ3n) is 7.18. The molecule has 0 aliphatic carbocycles. The molecule has 1 aromatic carbocycles. The van der Waals surface area contributed by atoms with Gasteiger partial charge in [-0.2, -0.15) is 0 Å². The van der Waals surface area contributed by atoms with Crippen molar-refractivity contribution in [2.45, 2.75) is 44.9 Å². The number of rotatable bonds is 5. The first-order valence-electron chi connectivity index (χ1n) is 12.7. The molecule has 2 N–H and O–H groups in total. The average molecular weight is 502 g/mol. The highest BCUT2D eigenvalue weighted by atomic mass is 28.1. The maximum absolute atomic E-state index is 13.2. The molecule has 2 atom stereocenters. The zero-order valence-corrected chi connectivity index (χ0v) is 21.9. The molecule has 3 radical (unpaired) electrons. The monoisotopic (exact) mass is 501 g/mol. The van der Waals surface area contributed by atoms with E-state index < -0.39 is 6.23 Å². The van der Waals surface area contributed by atoms with Crippen molar-refractivity contribution in [1.29, 1.82) is 0 Å². The largest absolute Gasteiger partial charge is 0.374 e. The molecule has 2 aliphatic heterocycles. The van der Waals surface area contributed by atoms with Gasteiger partial charge in [0.15, 0.2) is 0 Å². The van der Waals surface area contributed by atoms with E-state index in [1.54, 1.807) is 18.3 Å². The van der Waals surface area contributed by atoms with Crippen molar-refractivity contribution < 1.29 is 9.90 Å². The highest BCUT2D eigenvalue weighted by Gasteiger charge is 2.30. The molecule has 1 amide bonds. The van der Waals surface area contributed by atoms with Crippen molar-refractivity contribution in [3.05, 3.63) is 59.4 Å². The number of para-hydroxylation sites is 1. The molecule has 1 unspecified atom stereocenters. The van der Waals surface area contributed by atoms with Crippen LogP contribution in [0.3, 0.4) is 0 Å². The number of nitrogens with zero attached hydrogens (tertiary/aromatic N) is 5. The van der Waals surface area contributed by atoms with E-state index in [0.29, 0.717) is 18.1 Å². The van der Waals surface area contributed by atoms with E-state index in [1.165, 1.54) is 0 Å². The van der Waals surface area contributed by atoms with Crippen LogP contribution in [0, 0.1) is 6.92 Å². The molecule has 2 aliphatic rings. The minimum atomic E-state index is -0.607. The lowest BCUT2D eigenvalue weighted by atomic mass is 10.1. The van der Waals surface area contributed by atoms with Gasteiger partial charge in [-0.1, -0.05) is 24.6 Å². The zero-order valence-electron chi connectivity index (χ0n) is 20.9. The highest BCUT2D eigenvalue weighted by Crippen LogP contribution is 2.31. The lowest BCUT2D eigenvalue weighted by molar-refractivity contribution is 0.0218. The molecular weight excluding hydrogens is 468 g/mol. The van der Waals surface area contributed by atoms with Crippen LogP contribution >= 0.6 is 0 Å². The smallest absolute Gasteiger partial charge is 0.258 e. The topological polar surface area (TPSA) is 86.5 Å². The molecular formula is C27H33N6O2Si. The zero-order chi connectivity index (χ0) is 25.2. The van der Waals surface area contributed by atoms with Crippen LogP contribution < -0.4 is 10.5 Å². The number of aryl methyl sites for hydroxylation is 1. The number of carbonyl (C=O) groups is 1. The number of aliphatic hydroxyl groups is 1. The number of nitrogens with one attached hydrogen (secondary N) is 1. The summed E-state index contributed by atoms with van der Waals surface area (Å²) >= 11 is 0. The predicted molar refractivity (Wildman–Crippen MR) is 143 cm³/mol. The normalized spacial score (nSPS) is 20.7. The summed E-state index contributed by atoms with van der Waals surface area (Å²) in [4.78, 5) is 26.6. The fourth-order valence-electron chi connectivity index (χ4n) is 5.38. The van der Waals surface area contributed by atoms with E-state index in [1.807, 2.05) is 25.1 Å². The number of hydrogen-bond donors (Lipinski definition) is 2. The van der Waals surface area contributed by atoms with Gasteiger partial charge in [-0.3, -0.25) is 20.0 Å². The van der Waals surface area contributed by atoms with Crippen molar-refractivity contribution in [2.24, 2.45) is 0 Å². The number of pyridine rings is 1. The predicted octanol–water partition coefficient (Wildman–Crippen LogP) is 2.39. The minimum Gasteiger partial charge on any atom is -0.374 e. The minimum absolute atomic E-state index is 0.0426. The second kappa shape index (κ2) is 10.6. The van der Waals surface area contributed by atoms with Crippen LogP contribution in [0.5, 0.6) is 0 Å². The fraction of sp³-hybridized carbons (Fsp3) is 0.444. The molecule has 9 heteroatoms. The Labute approximate surface area is 215 Å². The molecule has 1 saturated heterocycles. The molecule has 8 nitrogen and oxygen atoms in total. The molecule has 0 bridgehead atoms. The second-order valence-electron chi connectivity index (χ2n) is 9.94. The van der Waals surface area contributed by atoms with Gasteiger partial charge >= 0.3 is 0 Å². The van der Waals surface area contributed by atoms with E-state index in [0.717, 1.165) is 72.8 Å². The number of likely N-dealkylation sites (N-methyl/N-ethyl adjacent to an activating group) is 1. The number of hydrogen-bond acceptors (Lipinski definition) is 6. The van der Waals surface area contributed by atoms with Gasteiger partial charge in [0.25, 0.3) is 5.91 Å². The summed E-state index contributed by atoms with van der Waals surface area (Å²) in [7, 11) is 5.88. The molecule has 187 valence electrons. The first-order valence-corrected chi connectivity index (χ1v) is 13.2. The Kier molecular flexibility index (Phi) is 7.33. The number of imidazole rings is 1. The number of likely N-dealkylation sites (tertiary alicyclic amines) is 1. The first-order chi connectivity index (χ1) is 17.4. The van der Waals surface area contributed by atoms with Crippen LogP contribution in [0.2, 0.25) is 0 Å². The van der Waals surface area contributed by atoms with Gasteiger partial charge in [0.2, 0.25) is 5.95 Å². The summed E-state index contributed by atoms with van der Waals surface area (Å²) in [5.41, 5.74) is 4.17. The van der Waals surface area contributed by atoms with Gasteiger partial charge in [-0.25, -0.2) is 4.98 Å². The Hall–Kier alpha value is -2.85. The van der Waals surface area contributed by atoms with Crippen molar-refractivity contribution in [1.82, 2.24) is 24.3 Å². The van der Waals surface area contributed by atoms with Crippen molar-refractivity contribution in [2.75, 3.05) is 38.5 Å². The van der Waals surface area contributed by atoms with Gasteiger partial charge < -0.3 is 14.6 Å². The molecule has 0 saturated carbocycles. The first kappa shape index (κ1) is 24.8. The molecule has 3 aromatic rings. The fourth-order valence-corrected chi connectivity index (χ4v) is 5.73. The van der Waals surface area contributed by atoms with Crippen molar-refractivity contribution in [3.8, 4) is 0 Å². The summed E-state index contributed by atoms with van der Waals surface area (Å²) in [6.07, 6.45) is 7.18. The number of carbonyl (C=O) groups excluding carboxylic acids is 1. The van der Waals surface area contributed by atoms with Gasteiger partial charge in [0.05, 0.1) is 21.3 Å². The number of aliphatic hydroxyl groups excluding tert-OH is 1. The average Bonchev–Trinajstić information content (AvgIpc) is 3.05. The lowest BCUT2D eigenvalue weighted by Crippen LogP contribution is -2.43. The van der Waals surface area contributed by atoms with Crippen LogP contribution in [0.1, 0.15) is 47.8 Å². The standard InChI is InChI=1S/C27H33N6O2Si/c1-18-15-19(11-12-28-18)25(34)30-27-29-22-9-5-10-23(36)24(22)33(27)21-8-3-4-14-32(17-21)26(35)20-7-6-13-31(2)16-20/h5,7,9-12,15,21,26,35H,3-4,6,8,13-14,16-17H2,1-2H3,(H,29,30,34)/t21-,26?/m1/s1. The summed E-state index contributed by atoms with van der Waals surface area (Å²) in [5, 5.41) is 15.3. The van der Waals surface area contributed by atoms with Crippen molar-refractivity contribution in [3.63, 3.8) is 0 Å². The summed E-state index contributed by atoms with van der Waals surface area (Å²) in [6, 6.07) is 9.45. The second-order valence-corrected chi connectivity index (χ2v) is 10.5. The van der Waals surface area contributed by atoms with Crippen LogP contribution in [0.25, 0.3) is 11.0 Å². The van der Waals surface area contributed by atoms with Crippen molar-refractivity contribution >= 4 is 38.3 Å². The quantitative estimate of drug-likeness (QED) is 0.413. The van der Waals surface area contributed by atoms with E-state index in [-0.39, 0.29) is 11.9 Å². The molecule has 4 heterocycles. The van der Waals surface area contributed by atoms with Gasteiger partial charge in [-0.05, 0) is 62.2 Å². The Morgan fingerprint density at radius 2 is 2.11 bits per heavy atom. The van der Waals surface area contributed by atoms with Crippen LogP contribution in [-0.4, -0.2) is 85.0 Å². The Balaban J connectivity index is 1.49. The number of aromatic nitrogens is 3. The maximum atomic E-state index is 13.2. The Morgan fingerprint density at radius 3 is 2.92 bits per heavy atom. The molecule has 1 fully saturated rings. The molecule has 5 rings (SSSR count). The molecule has 2 aromatic heterocycles. The number of fused-ring (bicyclic) bond motifs is 1. The van der Waals surface area contributed by atoms with Crippen LogP contribution in [0.15, 0.2) is 48.2 Å². The summed E-state index contributed by atoms with van der Waals surface area (Å²) in [6.45, 7) is 5.19. The van der Waals surface area contributed by atoms with Crippen LogP contribution in [-0.2, 0) is 0 Å². The van der Waals surface area contributed by atoms with Gasteiger partial charge in [-0.15, -0.1) is 0 Å². The van der Waals surface area contributed by atoms with E-state index >= 15 is 0 Å². The summed E-state index contributed by atoms with van der Waals surface area (Å²) in [5.74, 6) is 0.307. The molecule has 36 heavy (non-hydrogen) atoms. The third kappa shape index (κ3) is 5.15. The van der Waals surface area contributed by atoms with E-state index in [9.17, 15) is 9.90 Å². The highest BCUT2D eigenvalue weighted by molar-refractivity contribution is 6.38. The third-order valence-corrected chi connectivity index (χ3v) is 7.59. The number of anilines is 1. The van der Waals surface area contributed by atoms with Crippen LogP contribution in [0.4, 0.5) is 5.95 Å². The van der Waals surface area contributed by atoms with Gasteiger partial charge in [0.1, 0.15) is 6.23 Å². The molecule has 0 spiro atoms. The van der Waals surface area contributed by atoms with E-state index in [4.69, 9.17) is 4.98 Å². The SMILES string of the molecule is Cc1cc(C(=O)Nc2nc3cccc([Si])c3n2[C@@H]2CCCCN(C(O)C3=CCCN(C)C3)C2)ccn1. The lowest BCUT2D eigenvalue weighted by Gasteiger charge is -2.34. The number of amides is 1. The Bertz CT molecular complexity index is 1290. The maximum Gasteiger partial charge on any atom is 0.258 e. The van der Waals surface area contributed by atoms with Gasteiger partial charge in [0, 0.05) is 49.7 Å². The van der Waals surface area contributed by atoms with E-state index in [2.05, 4.69) is 48.0 Å². The Morgan fingerprint density at radius 1 is 1.25 bits per heavy atom. The summed E-state index contributed by atoms with van der Waals surface area (Å²) < 4.78 is 2.15.